The highest BCUT2D eigenvalue weighted by molar-refractivity contribution is 8.07. The van der Waals surface area contributed by atoms with Gasteiger partial charge in [-0.3, -0.25) is 0 Å². The highest BCUT2D eigenvalue weighted by Crippen LogP contribution is 2.57. The van der Waals surface area contributed by atoms with Crippen molar-refractivity contribution in [3.63, 3.8) is 0 Å². The van der Waals surface area contributed by atoms with Crippen molar-refractivity contribution >= 4 is 40.1 Å². The van der Waals surface area contributed by atoms with E-state index in [9.17, 15) is 4.89 Å². The van der Waals surface area contributed by atoms with Gasteiger partial charge in [-0.05, 0) is 70.1 Å². The third-order valence-corrected chi connectivity index (χ3v) is 6.36. The fraction of sp³-hybridized carbons (Fsp3) is 0.0909. The molecular formula is C22H17O5PS. The molecule has 0 spiro atoms. The summed E-state index contributed by atoms with van der Waals surface area (Å²) in [6.07, 6.45) is 0. The lowest BCUT2D eigenvalue weighted by Crippen LogP contribution is -1.97. The van der Waals surface area contributed by atoms with Crippen LogP contribution in [0, 0.1) is 0 Å². The van der Waals surface area contributed by atoms with Crippen molar-refractivity contribution in [3.05, 3.63) is 60.7 Å². The maximum absolute atomic E-state index is 10.6. The highest BCUT2D eigenvalue weighted by Gasteiger charge is 2.30. The van der Waals surface area contributed by atoms with E-state index in [1.54, 1.807) is 14.2 Å². The van der Waals surface area contributed by atoms with Crippen molar-refractivity contribution in [1.82, 2.24) is 0 Å². The third-order valence-electron chi connectivity index (χ3n) is 5.05. The van der Waals surface area contributed by atoms with Crippen molar-refractivity contribution in [2.45, 2.75) is 0 Å². The molecule has 0 fully saturated rings. The van der Waals surface area contributed by atoms with Gasteiger partial charge in [0.05, 0.1) is 14.2 Å². The molecule has 0 saturated heterocycles. The van der Waals surface area contributed by atoms with Crippen LogP contribution in [0.5, 0.6) is 23.0 Å². The summed E-state index contributed by atoms with van der Waals surface area (Å²) >= 11 is 5.24. The number of rotatable bonds is 2. The smallest absolute Gasteiger partial charge is 0.432 e. The van der Waals surface area contributed by atoms with Crippen LogP contribution in [0.2, 0.25) is 0 Å². The predicted octanol–water partition coefficient (Wildman–Crippen LogP) is 5.67. The Balaban J connectivity index is 1.93. The quantitative estimate of drug-likeness (QED) is 0.419. The van der Waals surface area contributed by atoms with Gasteiger partial charge in [-0.1, -0.05) is 12.1 Å². The second-order valence-electron chi connectivity index (χ2n) is 6.70. The number of methoxy groups -OCH3 is 2. The van der Waals surface area contributed by atoms with Crippen LogP contribution in [0.4, 0.5) is 0 Å². The summed E-state index contributed by atoms with van der Waals surface area (Å²) in [7, 11) is 3.28. The number of benzene rings is 4. The molecule has 0 radical (unpaired) electrons. The lowest BCUT2D eigenvalue weighted by atomic mass is 9.92. The van der Waals surface area contributed by atoms with Crippen LogP contribution in [-0.4, -0.2) is 19.1 Å². The van der Waals surface area contributed by atoms with Gasteiger partial charge in [-0.25, -0.2) is 0 Å². The average Bonchev–Trinajstić information content (AvgIpc) is 2.84. The van der Waals surface area contributed by atoms with Gasteiger partial charge in [0, 0.05) is 22.9 Å². The molecule has 29 heavy (non-hydrogen) atoms. The van der Waals surface area contributed by atoms with Crippen molar-refractivity contribution < 1.29 is 23.4 Å². The summed E-state index contributed by atoms with van der Waals surface area (Å²) in [6, 6.07) is 19.2. The van der Waals surface area contributed by atoms with Crippen LogP contribution in [-0.2, 0) is 11.8 Å². The van der Waals surface area contributed by atoms with Gasteiger partial charge in [-0.15, -0.1) is 0 Å². The molecule has 0 unspecified atom stereocenters. The summed E-state index contributed by atoms with van der Waals surface area (Å²) < 4.78 is 22.3. The van der Waals surface area contributed by atoms with E-state index < -0.39 is 6.72 Å². The zero-order chi connectivity index (χ0) is 20.2. The number of ether oxygens (including phenoxy) is 2. The summed E-state index contributed by atoms with van der Waals surface area (Å²) in [4.78, 5) is 10.6. The van der Waals surface area contributed by atoms with Gasteiger partial charge in [0.15, 0.2) is 0 Å². The van der Waals surface area contributed by atoms with Crippen LogP contribution in [0.3, 0.4) is 0 Å². The molecule has 1 aliphatic rings. The zero-order valence-electron chi connectivity index (χ0n) is 15.7. The molecule has 0 atom stereocenters. The summed E-state index contributed by atoms with van der Waals surface area (Å²) in [6.45, 7) is -3.50. The van der Waals surface area contributed by atoms with Gasteiger partial charge in [0.2, 0.25) is 0 Å². The molecule has 146 valence electrons. The van der Waals surface area contributed by atoms with Gasteiger partial charge >= 0.3 is 6.72 Å². The van der Waals surface area contributed by atoms with Gasteiger partial charge in [-0.2, -0.15) is 0 Å². The highest BCUT2D eigenvalue weighted by atomic mass is 32.5. The fourth-order valence-electron chi connectivity index (χ4n) is 3.76. The van der Waals surface area contributed by atoms with Crippen LogP contribution < -0.4 is 18.5 Å². The first-order valence-electron chi connectivity index (χ1n) is 8.93. The Morgan fingerprint density at radius 2 is 1.17 bits per heavy atom. The Bertz CT molecular complexity index is 1230. The lowest BCUT2D eigenvalue weighted by molar-refractivity contribution is 0.383. The molecule has 0 aromatic heterocycles. The van der Waals surface area contributed by atoms with E-state index in [0.717, 1.165) is 44.2 Å². The van der Waals surface area contributed by atoms with E-state index in [1.165, 1.54) is 0 Å². The molecule has 5 nitrogen and oxygen atoms in total. The molecule has 7 heteroatoms. The first-order chi connectivity index (χ1) is 14.0. The van der Waals surface area contributed by atoms with E-state index in [2.05, 4.69) is 0 Å². The Labute approximate surface area is 172 Å². The molecule has 1 aliphatic heterocycles. The Morgan fingerprint density at radius 1 is 0.724 bits per heavy atom. The van der Waals surface area contributed by atoms with Crippen LogP contribution in [0.1, 0.15) is 0 Å². The SMILES string of the molecule is COc1ccc2c3c(ccc2c1)OP(O)(=S)Oc1ccc2cc(OC)ccc2c1-3. The van der Waals surface area contributed by atoms with Crippen LogP contribution >= 0.6 is 6.72 Å². The maximum atomic E-state index is 10.6. The molecule has 0 bridgehead atoms. The van der Waals surface area contributed by atoms with Gasteiger partial charge < -0.3 is 23.4 Å². The van der Waals surface area contributed by atoms with E-state index in [1.807, 2.05) is 60.7 Å². The Kier molecular flexibility index (Phi) is 4.17. The van der Waals surface area contributed by atoms with Crippen molar-refractivity contribution in [1.29, 1.82) is 0 Å². The minimum absolute atomic E-state index is 0.496. The fourth-order valence-corrected chi connectivity index (χ4v) is 5.09. The standard InChI is InChI=1S/C22H17O5PS/c1-24-15-5-7-17-13(11-15)3-9-19-21(17)22-18-8-6-16(25-2)12-14(18)4-10-20(22)27-28(23,29)26-19/h3-12H,1-2H3,(H,23,29). The Hall–Kier alpha value is -2.79. The largest absolute Gasteiger partial charge is 0.497 e. The molecule has 0 aliphatic carbocycles. The van der Waals surface area contributed by atoms with Crippen molar-refractivity contribution in [2.75, 3.05) is 14.2 Å². The van der Waals surface area contributed by atoms with Crippen LogP contribution in [0.25, 0.3) is 32.7 Å². The lowest BCUT2D eigenvalue weighted by Gasteiger charge is -2.15. The van der Waals surface area contributed by atoms with Crippen molar-refractivity contribution in [2.24, 2.45) is 0 Å². The minimum Gasteiger partial charge on any atom is -0.497 e. The molecular weight excluding hydrogens is 407 g/mol. The molecule has 1 N–H and O–H groups in total. The second-order valence-corrected chi connectivity index (χ2v) is 9.39. The topological polar surface area (TPSA) is 57.2 Å². The van der Waals surface area contributed by atoms with E-state index in [0.29, 0.717) is 11.5 Å². The van der Waals surface area contributed by atoms with Gasteiger partial charge in [0.25, 0.3) is 0 Å². The summed E-state index contributed by atoms with van der Waals surface area (Å²) in [5.74, 6) is 2.52. The van der Waals surface area contributed by atoms with E-state index in [4.69, 9.17) is 30.3 Å². The van der Waals surface area contributed by atoms with E-state index in [-0.39, 0.29) is 0 Å². The molecule has 4 aromatic carbocycles. The zero-order valence-corrected chi connectivity index (χ0v) is 17.4. The monoisotopic (exact) mass is 424 g/mol. The summed E-state index contributed by atoms with van der Waals surface area (Å²) in [5.41, 5.74) is 1.66. The third kappa shape index (κ3) is 3.01. The van der Waals surface area contributed by atoms with Crippen LogP contribution in [0.15, 0.2) is 60.7 Å². The number of hydrogen-bond acceptors (Lipinski definition) is 5. The summed E-state index contributed by atoms with van der Waals surface area (Å²) in [5, 5.41) is 3.87. The number of hydrogen-bond donors (Lipinski definition) is 1. The molecule has 4 aromatic rings. The molecule has 1 heterocycles. The minimum atomic E-state index is -3.50. The molecule has 0 saturated carbocycles. The first-order valence-corrected chi connectivity index (χ1v) is 11.5. The molecule has 5 rings (SSSR count). The normalized spacial score (nSPS) is 14.3. The van der Waals surface area contributed by atoms with Gasteiger partial charge in [0.1, 0.15) is 23.0 Å². The maximum Gasteiger partial charge on any atom is 0.432 e. The average molecular weight is 424 g/mol. The first kappa shape index (κ1) is 18.3. The predicted molar refractivity (Wildman–Crippen MR) is 118 cm³/mol. The molecule has 0 amide bonds. The van der Waals surface area contributed by atoms with Crippen molar-refractivity contribution in [3.8, 4) is 34.1 Å². The van der Waals surface area contributed by atoms with E-state index >= 15 is 0 Å². The number of fused-ring (bicyclic) bond motifs is 7. The second kappa shape index (κ2) is 6.63. The Morgan fingerprint density at radius 3 is 1.59 bits per heavy atom.